The molecule has 0 saturated carbocycles. The Bertz CT molecular complexity index is 776. The Labute approximate surface area is 136 Å². The minimum absolute atomic E-state index is 0.0908. The van der Waals surface area contributed by atoms with Crippen LogP contribution in [0.25, 0.3) is 0 Å². The van der Waals surface area contributed by atoms with Gasteiger partial charge in [-0.3, -0.25) is 4.79 Å². The van der Waals surface area contributed by atoms with Crippen LogP contribution >= 0.6 is 0 Å². The van der Waals surface area contributed by atoms with Gasteiger partial charge in [-0.25, -0.2) is 4.98 Å². The molecular weight excluding hydrogens is 286 g/mol. The van der Waals surface area contributed by atoms with Crippen LogP contribution in [0, 0.1) is 18.3 Å². The second-order valence-corrected chi connectivity index (χ2v) is 5.89. The number of pyridine rings is 1. The van der Waals surface area contributed by atoms with Crippen LogP contribution in [0.15, 0.2) is 36.5 Å². The van der Waals surface area contributed by atoms with E-state index < -0.39 is 0 Å². The van der Waals surface area contributed by atoms with Crippen LogP contribution in [0.5, 0.6) is 0 Å². The molecule has 116 valence electrons. The van der Waals surface area contributed by atoms with Crippen molar-refractivity contribution in [2.45, 2.75) is 32.6 Å². The molecule has 4 heteroatoms. The number of nitriles is 1. The third kappa shape index (κ3) is 3.09. The van der Waals surface area contributed by atoms with E-state index in [-0.39, 0.29) is 5.91 Å². The molecule has 0 spiro atoms. The van der Waals surface area contributed by atoms with Gasteiger partial charge in [0.25, 0.3) is 5.91 Å². The summed E-state index contributed by atoms with van der Waals surface area (Å²) in [5.41, 5.74) is 3.89. The van der Waals surface area contributed by atoms with Gasteiger partial charge in [0.1, 0.15) is 11.8 Å². The average Bonchev–Trinajstić information content (AvgIpc) is 2.55. The van der Waals surface area contributed by atoms with Gasteiger partial charge < -0.3 is 4.90 Å². The SMILES string of the molecule is Cc1cc(C(=O)N2CCCCCc3ccccc32)ncc1C#N. The second kappa shape index (κ2) is 6.62. The molecule has 0 unspecified atom stereocenters. The van der Waals surface area contributed by atoms with E-state index in [9.17, 15) is 4.79 Å². The van der Waals surface area contributed by atoms with Gasteiger partial charge in [-0.05, 0) is 49.4 Å². The molecule has 1 aromatic carbocycles. The highest BCUT2D eigenvalue weighted by Crippen LogP contribution is 2.27. The van der Waals surface area contributed by atoms with Crippen molar-refractivity contribution < 1.29 is 4.79 Å². The van der Waals surface area contributed by atoms with Crippen molar-refractivity contribution >= 4 is 11.6 Å². The van der Waals surface area contributed by atoms with Crippen molar-refractivity contribution in [3.05, 3.63) is 58.9 Å². The third-order valence-electron chi connectivity index (χ3n) is 4.31. The van der Waals surface area contributed by atoms with Gasteiger partial charge in [-0.1, -0.05) is 24.6 Å². The van der Waals surface area contributed by atoms with Gasteiger partial charge in [-0.2, -0.15) is 5.26 Å². The standard InChI is InChI=1S/C19H19N3O/c1-14-11-17(21-13-16(14)12-20)19(23)22-10-6-2-3-7-15-8-4-5-9-18(15)22/h4-5,8-9,11,13H,2-3,6-7,10H2,1H3. The second-order valence-electron chi connectivity index (χ2n) is 5.89. The zero-order valence-electron chi connectivity index (χ0n) is 13.2. The summed E-state index contributed by atoms with van der Waals surface area (Å²) in [4.78, 5) is 19.0. The van der Waals surface area contributed by atoms with Crippen LogP contribution in [-0.2, 0) is 6.42 Å². The van der Waals surface area contributed by atoms with Gasteiger partial charge in [-0.15, -0.1) is 0 Å². The predicted octanol–water partition coefficient (Wildman–Crippen LogP) is 3.63. The van der Waals surface area contributed by atoms with E-state index in [1.165, 1.54) is 11.8 Å². The molecule has 0 bridgehead atoms. The molecule has 0 fully saturated rings. The lowest BCUT2D eigenvalue weighted by Gasteiger charge is -2.27. The smallest absolute Gasteiger partial charge is 0.276 e. The largest absolute Gasteiger partial charge is 0.307 e. The Hall–Kier alpha value is -2.67. The topological polar surface area (TPSA) is 57.0 Å². The first-order valence-electron chi connectivity index (χ1n) is 7.97. The Morgan fingerprint density at radius 2 is 2.09 bits per heavy atom. The Kier molecular flexibility index (Phi) is 4.38. The number of amides is 1. The normalized spacial score (nSPS) is 14.3. The van der Waals surface area contributed by atoms with Crippen LogP contribution < -0.4 is 4.90 Å². The summed E-state index contributed by atoms with van der Waals surface area (Å²) in [5.74, 6) is -0.0908. The molecule has 0 saturated heterocycles. The number of nitrogens with zero attached hydrogens (tertiary/aromatic N) is 3. The summed E-state index contributed by atoms with van der Waals surface area (Å²) < 4.78 is 0. The molecular formula is C19H19N3O. The molecule has 1 aliphatic rings. The minimum Gasteiger partial charge on any atom is -0.307 e. The maximum Gasteiger partial charge on any atom is 0.276 e. The number of benzene rings is 1. The van der Waals surface area contributed by atoms with E-state index in [4.69, 9.17) is 5.26 Å². The molecule has 1 amide bonds. The average molecular weight is 305 g/mol. The van der Waals surface area contributed by atoms with E-state index in [1.54, 1.807) is 6.07 Å². The first-order valence-corrected chi connectivity index (χ1v) is 7.97. The van der Waals surface area contributed by atoms with Crippen LogP contribution in [0.1, 0.15) is 46.4 Å². The lowest BCUT2D eigenvalue weighted by molar-refractivity contribution is 0.0981. The number of hydrogen-bond donors (Lipinski definition) is 0. The van der Waals surface area contributed by atoms with E-state index in [0.29, 0.717) is 17.8 Å². The number of hydrogen-bond acceptors (Lipinski definition) is 3. The maximum atomic E-state index is 13.0. The number of para-hydroxylation sites is 1. The molecule has 2 aromatic rings. The molecule has 1 aromatic heterocycles. The molecule has 0 atom stereocenters. The summed E-state index contributed by atoms with van der Waals surface area (Å²) in [6, 6.07) is 11.9. The highest BCUT2D eigenvalue weighted by molar-refractivity contribution is 6.05. The molecule has 3 rings (SSSR count). The molecule has 4 nitrogen and oxygen atoms in total. The summed E-state index contributed by atoms with van der Waals surface area (Å²) in [6.45, 7) is 2.54. The van der Waals surface area contributed by atoms with Crippen LogP contribution in [-0.4, -0.2) is 17.4 Å². The quantitative estimate of drug-likeness (QED) is 0.808. The fourth-order valence-corrected chi connectivity index (χ4v) is 3.01. The first kappa shape index (κ1) is 15.2. The van der Waals surface area contributed by atoms with Crippen molar-refractivity contribution in [3.63, 3.8) is 0 Å². The lowest BCUT2D eigenvalue weighted by atomic mass is 10.0. The number of carbonyl (C=O) groups excluding carboxylic acids is 1. The van der Waals surface area contributed by atoms with Crippen molar-refractivity contribution in [3.8, 4) is 6.07 Å². The van der Waals surface area contributed by atoms with Gasteiger partial charge in [0.15, 0.2) is 0 Å². The zero-order valence-corrected chi connectivity index (χ0v) is 13.2. The predicted molar refractivity (Wildman–Crippen MR) is 89.4 cm³/mol. The summed E-state index contributed by atoms with van der Waals surface area (Å²) in [5, 5.41) is 9.01. The van der Waals surface area contributed by atoms with Crippen molar-refractivity contribution in [1.29, 1.82) is 5.26 Å². The number of fused-ring (bicyclic) bond motifs is 1. The molecule has 2 heterocycles. The van der Waals surface area contributed by atoms with Crippen molar-refractivity contribution in [1.82, 2.24) is 4.98 Å². The fourth-order valence-electron chi connectivity index (χ4n) is 3.01. The van der Waals surface area contributed by atoms with Crippen LogP contribution in [0.3, 0.4) is 0 Å². The number of carbonyl (C=O) groups is 1. The number of aryl methyl sites for hydroxylation is 2. The fraction of sp³-hybridized carbons (Fsp3) is 0.316. The molecule has 0 aliphatic carbocycles. The van der Waals surface area contributed by atoms with Crippen LogP contribution in [0.2, 0.25) is 0 Å². The maximum absolute atomic E-state index is 13.0. The van der Waals surface area contributed by atoms with E-state index >= 15 is 0 Å². The highest BCUT2D eigenvalue weighted by Gasteiger charge is 2.22. The molecule has 0 N–H and O–H groups in total. The summed E-state index contributed by atoms with van der Waals surface area (Å²) in [7, 11) is 0. The van der Waals surface area contributed by atoms with Crippen LogP contribution in [0.4, 0.5) is 5.69 Å². The van der Waals surface area contributed by atoms with E-state index in [1.807, 2.05) is 30.0 Å². The van der Waals surface area contributed by atoms with Gasteiger partial charge in [0.05, 0.1) is 5.56 Å². The van der Waals surface area contributed by atoms with Gasteiger partial charge in [0.2, 0.25) is 0 Å². The number of anilines is 1. The molecule has 0 radical (unpaired) electrons. The number of aromatic nitrogens is 1. The Morgan fingerprint density at radius 3 is 2.87 bits per heavy atom. The molecule has 23 heavy (non-hydrogen) atoms. The van der Waals surface area contributed by atoms with Gasteiger partial charge >= 0.3 is 0 Å². The zero-order chi connectivity index (χ0) is 16.2. The van der Waals surface area contributed by atoms with E-state index in [0.717, 1.165) is 36.9 Å². The van der Waals surface area contributed by atoms with Crippen molar-refractivity contribution in [2.24, 2.45) is 0 Å². The molecule has 1 aliphatic heterocycles. The number of rotatable bonds is 1. The van der Waals surface area contributed by atoms with Gasteiger partial charge in [0, 0.05) is 18.4 Å². The minimum atomic E-state index is -0.0908. The first-order chi connectivity index (χ1) is 11.2. The third-order valence-corrected chi connectivity index (χ3v) is 4.31. The van der Waals surface area contributed by atoms with E-state index in [2.05, 4.69) is 17.1 Å². The lowest BCUT2D eigenvalue weighted by Crippen LogP contribution is -2.34. The monoisotopic (exact) mass is 305 g/mol. The Balaban J connectivity index is 1.98. The van der Waals surface area contributed by atoms with Crippen molar-refractivity contribution in [2.75, 3.05) is 11.4 Å². The summed E-state index contributed by atoms with van der Waals surface area (Å²) in [6.07, 6.45) is 5.76. The highest BCUT2D eigenvalue weighted by atomic mass is 16.2. The summed E-state index contributed by atoms with van der Waals surface area (Å²) >= 11 is 0. The Morgan fingerprint density at radius 1 is 1.26 bits per heavy atom.